The molecular weight excluding hydrogens is 243 g/mol. The maximum atomic E-state index is 2.26. The van der Waals surface area contributed by atoms with Crippen molar-refractivity contribution in [3.05, 3.63) is 54.6 Å². The van der Waals surface area contributed by atoms with Gasteiger partial charge in [0.1, 0.15) is 0 Å². The van der Waals surface area contributed by atoms with Crippen LogP contribution in [0.5, 0.6) is 0 Å². The summed E-state index contributed by atoms with van der Waals surface area (Å²) in [5.74, 6) is 0. The zero-order valence-electron chi connectivity index (χ0n) is 9.13. The molecule has 0 saturated carbocycles. The smallest absolute Gasteiger partial charge is 0.214 e. The molecule has 2 heteroatoms. The Morgan fingerprint density at radius 1 is 1.00 bits per heavy atom. The molecule has 0 radical (unpaired) electrons. The van der Waals surface area contributed by atoms with Crippen molar-refractivity contribution in [1.29, 1.82) is 0 Å². The van der Waals surface area contributed by atoms with Crippen LogP contribution < -0.4 is 5.30 Å². The first kappa shape index (κ1) is 14.6. The maximum Gasteiger partial charge on any atom is 2.00 e. The second-order valence-corrected chi connectivity index (χ2v) is 5.46. The van der Waals surface area contributed by atoms with Gasteiger partial charge in [-0.25, -0.2) is 24.3 Å². The predicted octanol–water partition coefficient (Wildman–Crippen LogP) is 3.52. The fourth-order valence-electron chi connectivity index (χ4n) is 1.12. The minimum atomic E-state index is 0. The van der Waals surface area contributed by atoms with Crippen LogP contribution in [0.25, 0.3) is 0 Å². The van der Waals surface area contributed by atoms with Gasteiger partial charge in [-0.15, -0.1) is 13.9 Å². The molecule has 0 aromatic heterocycles. The Labute approximate surface area is 105 Å². The van der Waals surface area contributed by atoms with Gasteiger partial charge >= 0.3 is 17.1 Å². The van der Waals surface area contributed by atoms with E-state index in [4.69, 9.17) is 0 Å². The van der Waals surface area contributed by atoms with E-state index >= 15 is 0 Å². The summed E-state index contributed by atoms with van der Waals surface area (Å²) >= 11 is 0. The molecule has 0 aliphatic carbocycles. The molecule has 1 unspecified atom stereocenters. The molecule has 0 fully saturated rings. The van der Waals surface area contributed by atoms with Crippen LogP contribution in [0.3, 0.4) is 0 Å². The molecule has 15 heavy (non-hydrogen) atoms. The van der Waals surface area contributed by atoms with Gasteiger partial charge in [0.2, 0.25) is 0 Å². The molecule has 0 saturated heterocycles. The molecular formula is C13H17FeP. The van der Waals surface area contributed by atoms with Crippen molar-refractivity contribution in [3.63, 3.8) is 0 Å². The van der Waals surface area contributed by atoms with E-state index in [0.29, 0.717) is 0 Å². The Morgan fingerprint density at radius 3 is 1.87 bits per heavy atom. The summed E-state index contributed by atoms with van der Waals surface area (Å²) in [7, 11) is 0.985. The van der Waals surface area contributed by atoms with Gasteiger partial charge < -0.3 is 0 Å². The van der Waals surface area contributed by atoms with Gasteiger partial charge in [0.25, 0.3) is 0 Å². The molecule has 0 amide bonds. The standard InChI is InChI=1S/C8H12P.C5H5.Fe/c1-7(2)9-8-5-3-4-6-8;1-2-4-5-3-1;/h3-7,9H,1-2H3;1-5H;/q2*-1;+2. The van der Waals surface area contributed by atoms with Crippen LogP contribution in [0.2, 0.25) is 0 Å². The third-order valence-electron chi connectivity index (χ3n) is 1.67. The van der Waals surface area contributed by atoms with Crippen molar-refractivity contribution in [2.75, 3.05) is 0 Å². The van der Waals surface area contributed by atoms with Gasteiger partial charge in [0.15, 0.2) is 0 Å². The molecule has 0 bridgehead atoms. The number of rotatable bonds is 2. The minimum Gasteiger partial charge on any atom is -0.214 e. The van der Waals surface area contributed by atoms with Crippen LogP contribution in [0, 0.1) is 0 Å². The Morgan fingerprint density at radius 2 is 1.53 bits per heavy atom. The predicted molar refractivity (Wildman–Crippen MR) is 67.2 cm³/mol. The van der Waals surface area contributed by atoms with E-state index in [1.165, 1.54) is 5.30 Å². The van der Waals surface area contributed by atoms with Crippen molar-refractivity contribution in [3.8, 4) is 0 Å². The summed E-state index contributed by atoms with van der Waals surface area (Å²) in [6.07, 6.45) is 0. The summed E-state index contributed by atoms with van der Waals surface area (Å²) in [4.78, 5) is 0. The van der Waals surface area contributed by atoms with Gasteiger partial charge in [0.05, 0.1) is 0 Å². The van der Waals surface area contributed by atoms with Crippen LogP contribution in [-0.4, -0.2) is 5.66 Å². The quantitative estimate of drug-likeness (QED) is 0.440. The average Bonchev–Trinajstić information content (AvgIpc) is 2.75. The Kier molecular flexibility index (Phi) is 8.71. The third-order valence-corrected chi connectivity index (χ3v) is 2.92. The minimum absolute atomic E-state index is 0. The van der Waals surface area contributed by atoms with Crippen LogP contribution in [0.4, 0.5) is 0 Å². The first-order chi connectivity index (χ1) is 6.79. The number of hydrogen-bond acceptors (Lipinski definition) is 0. The molecule has 0 nitrogen and oxygen atoms in total. The third kappa shape index (κ3) is 7.56. The van der Waals surface area contributed by atoms with Gasteiger partial charge in [0, 0.05) is 0 Å². The zero-order valence-corrected chi connectivity index (χ0v) is 11.2. The molecule has 0 spiro atoms. The van der Waals surface area contributed by atoms with E-state index in [1.54, 1.807) is 0 Å². The van der Waals surface area contributed by atoms with E-state index in [1.807, 2.05) is 30.3 Å². The van der Waals surface area contributed by atoms with E-state index < -0.39 is 0 Å². The van der Waals surface area contributed by atoms with Crippen molar-refractivity contribution < 1.29 is 17.1 Å². The second kappa shape index (κ2) is 8.92. The fourth-order valence-corrected chi connectivity index (χ4v) is 2.18. The Balaban J connectivity index is 0.000000280. The molecule has 2 rings (SSSR count). The van der Waals surface area contributed by atoms with E-state index in [9.17, 15) is 0 Å². The maximum absolute atomic E-state index is 2.26. The molecule has 2 aromatic carbocycles. The summed E-state index contributed by atoms with van der Waals surface area (Å²) < 4.78 is 0. The fraction of sp³-hybridized carbons (Fsp3) is 0.231. The topological polar surface area (TPSA) is 0 Å². The van der Waals surface area contributed by atoms with Crippen molar-refractivity contribution >= 4 is 13.9 Å². The molecule has 2 aromatic rings. The van der Waals surface area contributed by atoms with Crippen molar-refractivity contribution in [1.82, 2.24) is 0 Å². The first-order valence-corrected chi connectivity index (χ1v) is 6.01. The van der Waals surface area contributed by atoms with E-state index in [2.05, 4.69) is 38.1 Å². The summed E-state index contributed by atoms with van der Waals surface area (Å²) in [5, 5.41) is 1.49. The summed E-state index contributed by atoms with van der Waals surface area (Å²) in [6.45, 7) is 4.51. The largest absolute Gasteiger partial charge is 2.00 e. The average molecular weight is 260 g/mol. The molecule has 82 valence electrons. The Bertz CT molecular complexity index is 278. The van der Waals surface area contributed by atoms with Gasteiger partial charge in [-0.05, 0) is 5.66 Å². The zero-order chi connectivity index (χ0) is 10.2. The Hall–Kier alpha value is -0.351. The van der Waals surface area contributed by atoms with Crippen LogP contribution >= 0.6 is 8.58 Å². The van der Waals surface area contributed by atoms with Gasteiger partial charge in [-0.2, -0.15) is 30.3 Å². The SMILES string of the molecule is CC(C)P[c-]1cccc1.[Fe+2].c1cc[cH-]c1. The molecule has 0 aliphatic rings. The van der Waals surface area contributed by atoms with Gasteiger partial charge in [-0.1, -0.05) is 13.8 Å². The normalized spacial score (nSPS) is 9.80. The second-order valence-electron chi connectivity index (χ2n) is 3.43. The molecule has 0 N–H and O–H groups in total. The van der Waals surface area contributed by atoms with Crippen LogP contribution in [0.1, 0.15) is 13.8 Å². The van der Waals surface area contributed by atoms with Crippen LogP contribution in [-0.2, 0) is 17.1 Å². The van der Waals surface area contributed by atoms with E-state index in [0.717, 1.165) is 14.2 Å². The molecule has 0 heterocycles. The van der Waals surface area contributed by atoms with Crippen LogP contribution in [0.15, 0.2) is 54.6 Å². The van der Waals surface area contributed by atoms with Crippen molar-refractivity contribution in [2.24, 2.45) is 0 Å². The van der Waals surface area contributed by atoms with Crippen molar-refractivity contribution in [2.45, 2.75) is 19.5 Å². The van der Waals surface area contributed by atoms with Gasteiger partial charge in [-0.3, -0.25) is 0 Å². The number of hydrogen-bond donors (Lipinski definition) is 0. The van der Waals surface area contributed by atoms with E-state index in [-0.39, 0.29) is 17.1 Å². The molecule has 0 aliphatic heterocycles. The molecule has 1 atom stereocenters. The monoisotopic (exact) mass is 260 g/mol. The first-order valence-electron chi connectivity index (χ1n) is 4.94. The summed E-state index contributed by atoms with van der Waals surface area (Å²) in [6, 6.07) is 18.6. The summed E-state index contributed by atoms with van der Waals surface area (Å²) in [5.41, 5.74) is 0.812.